The summed E-state index contributed by atoms with van der Waals surface area (Å²) in [6.45, 7) is 6.70. The summed E-state index contributed by atoms with van der Waals surface area (Å²) < 4.78 is 0. The molecule has 2 heteroatoms. The minimum atomic E-state index is 0.251. The highest BCUT2D eigenvalue weighted by Crippen LogP contribution is 2.34. The zero-order chi connectivity index (χ0) is 9.47. The Labute approximate surface area is 78.7 Å². The maximum atomic E-state index is 4.10. The molecule has 2 rings (SSSR count). The third-order valence-electron chi connectivity index (χ3n) is 2.49. The van der Waals surface area contributed by atoms with Crippen LogP contribution >= 0.6 is 0 Å². The molecule has 1 heterocycles. The lowest BCUT2D eigenvalue weighted by molar-refractivity contribution is 0.498. The van der Waals surface area contributed by atoms with Crippen LogP contribution in [-0.4, -0.2) is 10.2 Å². The Balaban J connectivity index is 2.37. The van der Waals surface area contributed by atoms with Crippen LogP contribution in [0.3, 0.4) is 0 Å². The molecule has 2 nitrogen and oxygen atoms in total. The smallest absolute Gasteiger partial charge is 0.0892 e. The number of allylic oxidation sites excluding steroid dienone is 1. The van der Waals surface area contributed by atoms with Gasteiger partial charge in [0.15, 0.2) is 0 Å². The second-order valence-electron chi connectivity index (χ2n) is 4.54. The average Bonchev–Trinajstić information content (AvgIpc) is 2.45. The first-order chi connectivity index (χ1) is 6.07. The van der Waals surface area contributed by atoms with Gasteiger partial charge in [0.1, 0.15) is 0 Å². The Bertz CT molecular complexity index is 359. The molecule has 0 N–H and O–H groups in total. The SMILES string of the molecule is CC(C)(C)C1=Cc2nnccc2C1. The third kappa shape index (κ3) is 1.48. The summed E-state index contributed by atoms with van der Waals surface area (Å²) in [7, 11) is 0. The molecular formula is C11H14N2. The lowest BCUT2D eigenvalue weighted by atomic mass is 9.85. The lowest BCUT2D eigenvalue weighted by Gasteiger charge is -2.19. The third-order valence-corrected chi connectivity index (χ3v) is 2.49. The van der Waals surface area contributed by atoms with Crippen LogP contribution in [-0.2, 0) is 6.42 Å². The van der Waals surface area contributed by atoms with Gasteiger partial charge in [-0.2, -0.15) is 10.2 Å². The molecular weight excluding hydrogens is 160 g/mol. The van der Waals surface area contributed by atoms with Crippen LogP contribution < -0.4 is 0 Å². The summed E-state index contributed by atoms with van der Waals surface area (Å²) in [5.74, 6) is 0. The van der Waals surface area contributed by atoms with Crippen LogP contribution in [0.15, 0.2) is 17.8 Å². The van der Waals surface area contributed by atoms with E-state index in [0.717, 1.165) is 12.1 Å². The van der Waals surface area contributed by atoms with E-state index in [-0.39, 0.29) is 5.41 Å². The normalized spacial score (nSPS) is 15.5. The Hall–Kier alpha value is -1.18. The second kappa shape index (κ2) is 2.66. The molecule has 0 saturated carbocycles. The Kier molecular flexibility index (Phi) is 1.72. The predicted octanol–water partition coefficient (Wildman–Crippen LogP) is 2.46. The van der Waals surface area contributed by atoms with Gasteiger partial charge in [-0.25, -0.2) is 0 Å². The lowest BCUT2D eigenvalue weighted by Crippen LogP contribution is -2.08. The molecule has 13 heavy (non-hydrogen) atoms. The second-order valence-corrected chi connectivity index (χ2v) is 4.54. The van der Waals surface area contributed by atoms with Gasteiger partial charge in [-0.15, -0.1) is 0 Å². The van der Waals surface area contributed by atoms with E-state index in [1.54, 1.807) is 6.20 Å². The van der Waals surface area contributed by atoms with Crippen molar-refractivity contribution in [3.05, 3.63) is 29.1 Å². The zero-order valence-corrected chi connectivity index (χ0v) is 8.33. The van der Waals surface area contributed by atoms with Crippen LogP contribution in [0.4, 0.5) is 0 Å². The van der Waals surface area contributed by atoms with E-state index in [1.807, 2.05) is 0 Å². The molecule has 1 aromatic rings. The molecule has 0 amide bonds. The average molecular weight is 174 g/mol. The molecule has 1 aliphatic rings. The van der Waals surface area contributed by atoms with Crippen LogP contribution in [0.25, 0.3) is 6.08 Å². The quantitative estimate of drug-likeness (QED) is 0.603. The highest BCUT2D eigenvalue weighted by atomic mass is 15.1. The van der Waals surface area contributed by atoms with Gasteiger partial charge >= 0.3 is 0 Å². The number of rotatable bonds is 0. The number of hydrogen-bond donors (Lipinski definition) is 0. The van der Waals surface area contributed by atoms with Gasteiger partial charge in [0.2, 0.25) is 0 Å². The highest BCUT2D eigenvalue weighted by molar-refractivity contribution is 5.60. The summed E-state index contributed by atoms with van der Waals surface area (Å²) >= 11 is 0. The van der Waals surface area contributed by atoms with E-state index in [9.17, 15) is 0 Å². The summed E-state index contributed by atoms with van der Waals surface area (Å²) in [5.41, 5.74) is 4.05. The van der Waals surface area contributed by atoms with Crippen molar-refractivity contribution in [2.75, 3.05) is 0 Å². The minimum Gasteiger partial charge on any atom is -0.159 e. The van der Waals surface area contributed by atoms with Crippen molar-refractivity contribution >= 4 is 6.08 Å². The molecule has 0 saturated heterocycles. The van der Waals surface area contributed by atoms with E-state index in [1.165, 1.54) is 11.1 Å². The zero-order valence-electron chi connectivity index (χ0n) is 8.33. The first-order valence-corrected chi connectivity index (χ1v) is 4.59. The van der Waals surface area contributed by atoms with Crippen LogP contribution in [0.2, 0.25) is 0 Å². The van der Waals surface area contributed by atoms with Crippen molar-refractivity contribution in [2.24, 2.45) is 5.41 Å². The fourth-order valence-electron chi connectivity index (χ4n) is 1.54. The molecule has 0 unspecified atom stereocenters. The Morgan fingerprint density at radius 3 is 2.69 bits per heavy atom. The van der Waals surface area contributed by atoms with Gasteiger partial charge in [0, 0.05) is 6.20 Å². The number of fused-ring (bicyclic) bond motifs is 1. The van der Waals surface area contributed by atoms with Crippen molar-refractivity contribution in [3.63, 3.8) is 0 Å². The van der Waals surface area contributed by atoms with Crippen molar-refractivity contribution in [1.29, 1.82) is 0 Å². The van der Waals surface area contributed by atoms with Gasteiger partial charge in [0.05, 0.1) is 5.69 Å². The van der Waals surface area contributed by atoms with E-state index < -0.39 is 0 Å². The highest BCUT2D eigenvalue weighted by Gasteiger charge is 2.23. The van der Waals surface area contributed by atoms with E-state index in [0.29, 0.717) is 0 Å². The molecule has 0 bridgehead atoms. The number of hydrogen-bond acceptors (Lipinski definition) is 2. The molecule has 0 fully saturated rings. The molecule has 1 aliphatic carbocycles. The molecule has 0 spiro atoms. The molecule has 0 atom stereocenters. The Morgan fingerprint density at radius 1 is 1.31 bits per heavy atom. The van der Waals surface area contributed by atoms with Crippen LogP contribution in [0.1, 0.15) is 32.0 Å². The largest absolute Gasteiger partial charge is 0.159 e. The summed E-state index contributed by atoms with van der Waals surface area (Å²) in [6.07, 6.45) is 4.97. The van der Waals surface area contributed by atoms with Crippen molar-refractivity contribution in [2.45, 2.75) is 27.2 Å². The van der Waals surface area contributed by atoms with Gasteiger partial charge < -0.3 is 0 Å². The molecule has 0 aromatic carbocycles. The topological polar surface area (TPSA) is 25.8 Å². The standard InChI is InChI=1S/C11H14N2/c1-11(2,3)9-6-8-4-5-12-13-10(8)7-9/h4-5,7H,6H2,1-3H3. The number of nitrogens with zero attached hydrogens (tertiary/aromatic N) is 2. The Morgan fingerprint density at radius 2 is 2.08 bits per heavy atom. The fraction of sp³-hybridized carbons (Fsp3) is 0.455. The summed E-state index contributed by atoms with van der Waals surface area (Å²) in [6, 6.07) is 2.05. The van der Waals surface area contributed by atoms with Gasteiger partial charge in [-0.1, -0.05) is 26.3 Å². The van der Waals surface area contributed by atoms with Crippen molar-refractivity contribution in [3.8, 4) is 0 Å². The number of aromatic nitrogens is 2. The van der Waals surface area contributed by atoms with E-state index in [2.05, 4.69) is 43.1 Å². The van der Waals surface area contributed by atoms with Gasteiger partial charge in [0.25, 0.3) is 0 Å². The summed E-state index contributed by atoms with van der Waals surface area (Å²) in [4.78, 5) is 0. The van der Waals surface area contributed by atoms with Crippen LogP contribution in [0, 0.1) is 5.41 Å². The van der Waals surface area contributed by atoms with Crippen molar-refractivity contribution in [1.82, 2.24) is 10.2 Å². The first kappa shape index (κ1) is 8.42. The van der Waals surface area contributed by atoms with Gasteiger partial charge in [-0.05, 0) is 29.5 Å². The fourth-order valence-corrected chi connectivity index (χ4v) is 1.54. The first-order valence-electron chi connectivity index (χ1n) is 4.59. The van der Waals surface area contributed by atoms with E-state index in [4.69, 9.17) is 0 Å². The van der Waals surface area contributed by atoms with Crippen molar-refractivity contribution < 1.29 is 0 Å². The van der Waals surface area contributed by atoms with E-state index >= 15 is 0 Å². The maximum absolute atomic E-state index is 4.10. The van der Waals surface area contributed by atoms with Gasteiger partial charge in [-0.3, -0.25) is 0 Å². The van der Waals surface area contributed by atoms with Crippen LogP contribution in [0.5, 0.6) is 0 Å². The minimum absolute atomic E-state index is 0.251. The summed E-state index contributed by atoms with van der Waals surface area (Å²) in [5, 5.41) is 7.97. The molecule has 68 valence electrons. The monoisotopic (exact) mass is 174 g/mol. The molecule has 0 radical (unpaired) electrons. The molecule has 1 aromatic heterocycles. The predicted molar refractivity (Wildman–Crippen MR) is 53.2 cm³/mol. The maximum Gasteiger partial charge on any atom is 0.0892 e. The molecule has 0 aliphatic heterocycles.